The first-order valence-electron chi connectivity index (χ1n) is 8.17. The van der Waals surface area contributed by atoms with Crippen molar-refractivity contribution in [1.82, 2.24) is 20.4 Å². The van der Waals surface area contributed by atoms with Crippen LogP contribution in [-0.4, -0.2) is 35.3 Å². The maximum Gasteiger partial charge on any atom is 0.272 e. The van der Waals surface area contributed by atoms with E-state index in [1.54, 1.807) is 16.8 Å². The van der Waals surface area contributed by atoms with Gasteiger partial charge in [-0.1, -0.05) is 30.1 Å². The Morgan fingerprint density at radius 1 is 1.29 bits per heavy atom. The van der Waals surface area contributed by atoms with E-state index in [0.717, 1.165) is 49.3 Å². The second-order valence-electron chi connectivity index (χ2n) is 5.74. The van der Waals surface area contributed by atoms with Gasteiger partial charge < -0.3 is 10.6 Å². The van der Waals surface area contributed by atoms with Crippen molar-refractivity contribution in [2.45, 2.75) is 26.2 Å². The van der Waals surface area contributed by atoms with E-state index in [9.17, 15) is 4.79 Å². The number of benzene rings is 1. The van der Waals surface area contributed by atoms with Crippen LogP contribution in [0.1, 0.15) is 35.1 Å². The summed E-state index contributed by atoms with van der Waals surface area (Å²) in [6.07, 6.45) is 2.79. The van der Waals surface area contributed by atoms with Crippen LogP contribution in [0.25, 0.3) is 5.69 Å². The molecule has 3 rings (SSSR count). The number of aromatic nitrogens is 2. The van der Waals surface area contributed by atoms with Crippen LogP contribution in [0.5, 0.6) is 0 Å². The van der Waals surface area contributed by atoms with Crippen LogP contribution in [0, 0.1) is 0 Å². The summed E-state index contributed by atoms with van der Waals surface area (Å²) in [6, 6.07) is 5.31. The Kier molecular flexibility index (Phi) is 5.43. The first-order chi connectivity index (χ1) is 11.6. The summed E-state index contributed by atoms with van der Waals surface area (Å²) in [5, 5.41) is 11.8. The molecule has 0 atom stereocenters. The smallest absolute Gasteiger partial charge is 0.272 e. The first-order valence-corrected chi connectivity index (χ1v) is 8.92. The van der Waals surface area contributed by atoms with Gasteiger partial charge in [-0.25, -0.2) is 4.68 Å². The van der Waals surface area contributed by atoms with E-state index in [0.29, 0.717) is 22.3 Å². The molecule has 0 fully saturated rings. The van der Waals surface area contributed by atoms with Crippen molar-refractivity contribution < 1.29 is 4.79 Å². The number of hydrogen-bond donors (Lipinski definition) is 2. The Hall–Kier alpha value is -1.56. The third-order valence-electron chi connectivity index (χ3n) is 4.12. The molecular formula is C17H20Cl2N4O. The lowest BCUT2D eigenvalue weighted by Gasteiger charge is -2.08. The number of hydrogen-bond acceptors (Lipinski definition) is 3. The topological polar surface area (TPSA) is 58.9 Å². The van der Waals surface area contributed by atoms with Crippen LogP contribution >= 0.6 is 23.2 Å². The number of fused-ring (bicyclic) bond motifs is 1. The lowest BCUT2D eigenvalue weighted by molar-refractivity contribution is 0.0947. The third kappa shape index (κ3) is 3.43. The molecule has 24 heavy (non-hydrogen) atoms. The Bertz CT molecular complexity index is 757. The minimum atomic E-state index is -0.130. The van der Waals surface area contributed by atoms with Crippen molar-refractivity contribution in [2.75, 3.05) is 19.6 Å². The predicted octanol–water partition coefficient (Wildman–Crippen LogP) is 3.01. The van der Waals surface area contributed by atoms with Crippen LogP contribution in [0.3, 0.4) is 0 Å². The molecule has 1 amide bonds. The van der Waals surface area contributed by atoms with Crippen LogP contribution < -0.4 is 10.6 Å². The first kappa shape index (κ1) is 17.3. The highest BCUT2D eigenvalue weighted by Crippen LogP contribution is 2.31. The van der Waals surface area contributed by atoms with Gasteiger partial charge in [-0.05, 0) is 44.0 Å². The fourth-order valence-electron chi connectivity index (χ4n) is 3.00. The van der Waals surface area contributed by atoms with E-state index in [4.69, 9.17) is 23.2 Å². The number of rotatable bonds is 6. The maximum absolute atomic E-state index is 12.5. The summed E-state index contributed by atoms with van der Waals surface area (Å²) in [5.74, 6) is -0.130. The monoisotopic (exact) mass is 366 g/mol. The molecule has 1 aromatic carbocycles. The molecule has 1 heterocycles. The molecule has 1 aliphatic carbocycles. The zero-order valence-corrected chi connectivity index (χ0v) is 15.0. The molecule has 1 aliphatic rings. The minimum absolute atomic E-state index is 0.130. The Morgan fingerprint density at radius 3 is 2.88 bits per heavy atom. The number of carbonyl (C=O) groups excluding carboxylic acids is 1. The summed E-state index contributed by atoms with van der Waals surface area (Å²) in [6.45, 7) is 4.24. The van der Waals surface area contributed by atoms with Gasteiger partial charge in [0, 0.05) is 29.4 Å². The van der Waals surface area contributed by atoms with Crippen molar-refractivity contribution in [3.8, 4) is 5.69 Å². The molecule has 0 spiro atoms. The van der Waals surface area contributed by atoms with Gasteiger partial charge >= 0.3 is 0 Å². The van der Waals surface area contributed by atoms with Gasteiger partial charge in [0.15, 0.2) is 5.69 Å². The molecule has 0 radical (unpaired) electrons. The number of nitrogens with zero attached hydrogens (tertiary/aromatic N) is 2. The van der Waals surface area contributed by atoms with Gasteiger partial charge in [-0.2, -0.15) is 5.10 Å². The van der Waals surface area contributed by atoms with Crippen LogP contribution in [0.15, 0.2) is 18.2 Å². The van der Waals surface area contributed by atoms with Crippen molar-refractivity contribution >= 4 is 29.1 Å². The molecule has 0 saturated heterocycles. The molecule has 0 saturated carbocycles. The number of nitrogens with one attached hydrogen (secondary N) is 2. The third-order valence-corrected chi connectivity index (χ3v) is 4.66. The quantitative estimate of drug-likeness (QED) is 0.772. The highest BCUT2D eigenvalue weighted by atomic mass is 35.5. The summed E-state index contributed by atoms with van der Waals surface area (Å²) in [4.78, 5) is 12.5. The molecule has 0 aliphatic heterocycles. The zero-order valence-electron chi connectivity index (χ0n) is 13.5. The molecule has 2 N–H and O–H groups in total. The average Bonchev–Trinajstić information content (AvgIpc) is 3.14. The van der Waals surface area contributed by atoms with Crippen molar-refractivity contribution in [2.24, 2.45) is 0 Å². The standard InChI is InChI=1S/C17H20Cl2N4O/c1-2-20-8-9-21-17(24)16-12-4-3-5-14(12)23(22-16)15-7-6-11(18)10-13(15)19/h6-7,10,20H,2-5,8-9H2,1H3,(H,21,24). The van der Waals surface area contributed by atoms with Gasteiger partial charge in [0.1, 0.15) is 0 Å². The van der Waals surface area contributed by atoms with Gasteiger partial charge in [-0.3, -0.25) is 4.79 Å². The zero-order chi connectivity index (χ0) is 17.1. The van der Waals surface area contributed by atoms with E-state index >= 15 is 0 Å². The molecule has 5 nitrogen and oxygen atoms in total. The Balaban J connectivity index is 1.89. The van der Waals surface area contributed by atoms with Gasteiger partial charge in [0.2, 0.25) is 0 Å². The molecule has 7 heteroatoms. The predicted molar refractivity (Wildman–Crippen MR) is 96.5 cm³/mol. The largest absolute Gasteiger partial charge is 0.349 e. The summed E-state index contributed by atoms with van der Waals surface area (Å²) >= 11 is 12.3. The van der Waals surface area contributed by atoms with Crippen LogP contribution in [0.4, 0.5) is 0 Å². The number of likely N-dealkylation sites (N-methyl/N-ethyl adjacent to an activating group) is 1. The Morgan fingerprint density at radius 2 is 2.12 bits per heavy atom. The molecule has 128 valence electrons. The van der Waals surface area contributed by atoms with E-state index in [1.165, 1.54) is 0 Å². The molecule has 2 aromatic rings. The second kappa shape index (κ2) is 7.55. The minimum Gasteiger partial charge on any atom is -0.349 e. The number of halogens is 2. The average molecular weight is 367 g/mol. The molecule has 0 unspecified atom stereocenters. The SMILES string of the molecule is CCNCCNC(=O)c1nn(-c2ccc(Cl)cc2Cl)c2c1CCC2. The Labute approximate surface area is 151 Å². The highest BCUT2D eigenvalue weighted by Gasteiger charge is 2.27. The van der Waals surface area contributed by atoms with E-state index < -0.39 is 0 Å². The molecule has 0 bridgehead atoms. The lowest BCUT2D eigenvalue weighted by Crippen LogP contribution is -2.32. The van der Waals surface area contributed by atoms with Crippen molar-refractivity contribution in [3.63, 3.8) is 0 Å². The normalized spacial score (nSPS) is 13.1. The van der Waals surface area contributed by atoms with Gasteiger partial charge in [-0.15, -0.1) is 0 Å². The molecule has 1 aromatic heterocycles. The van der Waals surface area contributed by atoms with E-state index in [1.807, 2.05) is 13.0 Å². The fourth-order valence-corrected chi connectivity index (χ4v) is 3.49. The van der Waals surface area contributed by atoms with Gasteiger partial charge in [0.05, 0.1) is 10.7 Å². The number of amides is 1. The number of carbonyl (C=O) groups is 1. The van der Waals surface area contributed by atoms with Crippen molar-refractivity contribution in [1.29, 1.82) is 0 Å². The molecular weight excluding hydrogens is 347 g/mol. The van der Waals surface area contributed by atoms with E-state index in [-0.39, 0.29) is 5.91 Å². The second-order valence-corrected chi connectivity index (χ2v) is 6.59. The van der Waals surface area contributed by atoms with Crippen LogP contribution in [-0.2, 0) is 12.8 Å². The highest BCUT2D eigenvalue weighted by molar-refractivity contribution is 6.35. The van der Waals surface area contributed by atoms with E-state index in [2.05, 4.69) is 15.7 Å². The summed E-state index contributed by atoms with van der Waals surface area (Å²) < 4.78 is 1.79. The fraction of sp³-hybridized carbons (Fsp3) is 0.412. The van der Waals surface area contributed by atoms with Crippen LogP contribution in [0.2, 0.25) is 10.0 Å². The lowest BCUT2D eigenvalue weighted by atomic mass is 10.2. The maximum atomic E-state index is 12.5. The van der Waals surface area contributed by atoms with Gasteiger partial charge in [0.25, 0.3) is 5.91 Å². The summed E-state index contributed by atoms with van der Waals surface area (Å²) in [7, 11) is 0. The van der Waals surface area contributed by atoms with Crippen molar-refractivity contribution in [3.05, 3.63) is 45.2 Å². The summed E-state index contributed by atoms with van der Waals surface area (Å²) in [5.41, 5.74) is 3.36.